The summed E-state index contributed by atoms with van der Waals surface area (Å²) in [6.07, 6.45) is -0.426. The number of carbonyl (C=O) groups excluding carboxylic acids is 1. The molecular weight excluding hydrogens is 252 g/mol. The summed E-state index contributed by atoms with van der Waals surface area (Å²) in [5, 5.41) is 20.0. The highest BCUT2D eigenvalue weighted by atomic mass is 16.6. The first-order valence-electron chi connectivity index (χ1n) is 5.91. The average Bonchev–Trinajstić information content (AvgIpc) is 2.34. The Morgan fingerprint density at radius 3 is 2.79 bits per heavy atom. The number of hydrogen-bond acceptors (Lipinski definition) is 6. The van der Waals surface area contributed by atoms with E-state index >= 15 is 0 Å². The van der Waals surface area contributed by atoms with Crippen molar-refractivity contribution >= 4 is 17.3 Å². The van der Waals surface area contributed by atoms with Gasteiger partial charge in [0.2, 0.25) is 0 Å². The minimum absolute atomic E-state index is 0.156. The monoisotopic (exact) mass is 266 g/mol. The lowest BCUT2D eigenvalue weighted by Crippen LogP contribution is -2.51. The van der Waals surface area contributed by atoms with Crippen molar-refractivity contribution in [3.8, 4) is 0 Å². The zero-order chi connectivity index (χ0) is 14.0. The van der Waals surface area contributed by atoms with Crippen molar-refractivity contribution in [1.29, 1.82) is 0 Å². The SMILES string of the molecule is CCOC(=O)c1cc([N+](=O)[O-])ccc1N1CC(O)C1. The normalized spacial score (nSPS) is 14.9. The number of aliphatic hydroxyl groups is 1. The third-order valence-electron chi connectivity index (χ3n) is 2.89. The molecule has 1 N–H and O–H groups in total. The molecule has 1 heterocycles. The van der Waals surface area contributed by atoms with E-state index in [9.17, 15) is 20.0 Å². The van der Waals surface area contributed by atoms with Crippen molar-refractivity contribution in [2.24, 2.45) is 0 Å². The van der Waals surface area contributed by atoms with E-state index < -0.39 is 17.0 Å². The van der Waals surface area contributed by atoms with Crippen LogP contribution in [-0.4, -0.2) is 41.8 Å². The molecule has 0 aromatic heterocycles. The molecule has 2 rings (SSSR count). The van der Waals surface area contributed by atoms with Crippen LogP contribution in [0.2, 0.25) is 0 Å². The highest BCUT2D eigenvalue weighted by Crippen LogP contribution is 2.29. The van der Waals surface area contributed by atoms with Crippen LogP contribution >= 0.6 is 0 Å². The summed E-state index contributed by atoms with van der Waals surface area (Å²) in [6.45, 7) is 2.68. The fraction of sp³-hybridized carbons (Fsp3) is 0.417. The highest BCUT2D eigenvalue weighted by molar-refractivity contribution is 5.97. The van der Waals surface area contributed by atoms with E-state index in [4.69, 9.17) is 4.74 Å². The third-order valence-corrected chi connectivity index (χ3v) is 2.89. The molecule has 7 nitrogen and oxygen atoms in total. The molecule has 0 unspecified atom stereocenters. The van der Waals surface area contributed by atoms with E-state index in [2.05, 4.69) is 0 Å². The minimum Gasteiger partial charge on any atom is -0.462 e. The molecule has 0 atom stereocenters. The lowest BCUT2D eigenvalue weighted by molar-refractivity contribution is -0.384. The highest BCUT2D eigenvalue weighted by Gasteiger charge is 2.29. The molecule has 0 amide bonds. The molecule has 1 saturated heterocycles. The average molecular weight is 266 g/mol. The number of nitrogens with zero attached hydrogens (tertiary/aromatic N) is 2. The number of anilines is 1. The maximum Gasteiger partial charge on any atom is 0.340 e. The van der Waals surface area contributed by atoms with Crippen LogP contribution in [0.4, 0.5) is 11.4 Å². The van der Waals surface area contributed by atoms with Gasteiger partial charge in [0.15, 0.2) is 0 Å². The van der Waals surface area contributed by atoms with Crippen LogP contribution in [0, 0.1) is 10.1 Å². The second kappa shape index (κ2) is 5.23. The molecule has 0 radical (unpaired) electrons. The summed E-state index contributed by atoms with van der Waals surface area (Å²) in [4.78, 5) is 23.8. The van der Waals surface area contributed by atoms with Gasteiger partial charge in [-0.25, -0.2) is 4.79 Å². The van der Waals surface area contributed by atoms with Crippen LogP contribution in [-0.2, 0) is 4.74 Å². The molecule has 0 spiro atoms. The number of esters is 1. The lowest BCUT2D eigenvalue weighted by Gasteiger charge is -2.38. The van der Waals surface area contributed by atoms with E-state index in [1.807, 2.05) is 0 Å². The molecule has 1 aromatic carbocycles. The predicted octanol–water partition coefficient (Wildman–Crippen LogP) is 0.952. The third kappa shape index (κ3) is 2.65. The largest absolute Gasteiger partial charge is 0.462 e. The summed E-state index contributed by atoms with van der Waals surface area (Å²) in [7, 11) is 0. The van der Waals surface area contributed by atoms with Crippen molar-refractivity contribution in [3.63, 3.8) is 0 Å². The Morgan fingerprint density at radius 2 is 2.26 bits per heavy atom. The molecule has 1 aliphatic heterocycles. The molecule has 0 aliphatic carbocycles. The first kappa shape index (κ1) is 13.3. The van der Waals surface area contributed by atoms with Gasteiger partial charge >= 0.3 is 5.97 Å². The Hall–Kier alpha value is -2.15. The number of aliphatic hydroxyl groups excluding tert-OH is 1. The van der Waals surface area contributed by atoms with Gasteiger partial charge in [-0.2, -0.15) is 0 Å². The van der Waals surface area contributed by atoms with Crippen LogP contribution in [0.3, 0.4) is 0 Å². The smallest absolute Gasteiger partial charge is 0.340 e. The van der Waals surface area contributed by atoms with Gasteiger partial charge < -0.3 is 14.7 Å². The number of rotatable bonds is 4. The Labute approximate surface area is 109 Å². The van der Waals surface area contributed by atoms with E-state index in [1.165, 1.54) is 18.2 Å². The van der Waals surface area contributed by atoms with Crippen LogP contribution in [0.15, 0.2) is 18.2 Å². The maximum absolute atomic E-state index is 11.8. The van der Waals surface area contributed by atoms with Crippen LogP contribution in [0.25, 0.3) is 0 Å². The molecule has 1 aromatic rings. The topological polar surface area (TPSA) is 92.9 Å². The molecule has 102 valence electrons. The minimum atomic E-state index is -0.595. The molecule has 0 saturated carbocycles. The van der Waals surface area contributed by atoms with E-state index in [0.717, 1.165) is 0 Å². The quantitative estimate of drug-likeness (QED) is 0.495. The van der Waals surface area contributed by atoms with Gasteiger partial charge in [0.25, 0.3) is 5.69 Å². The second-order valence-electron chi connectivity index (χ2n) is 4.24. The van der Waals surface area contributed by atoms with Gasteiger partial charge in [0.1, 0.15) is 0 Å². The molecule has 7 heteroatoms. The number of carbonyl (C=O) groups is 1. The van der Waals surface area contributed by atoms with Crippen LogP contribution in [0.1, 0.15) is 17.3 Å². The molecule has 19 heavy (non-hydrogen) atoms. The lowest BCUT2D eigenvalue weighted by atomic mass is 10.1. The van der Waals surface area contributed by atoms with Crippen molar-refractivity contribution in [3.05, 3.63) is 33.9 Å². The number of nitro groups is 1. The standard InChI is InChI=1S/C12H14N2O5/c1-2-19-12(16)10-5-8(14(17)18)3-4-11(10)13-6-9(15)7-13/h3-5,9,15H,2,6-7H2,1H3. The van der Waals surface area contributed by atoms with Crippen molar-refractivity contribution in [1.82, 2.24) is 0 Å². The Bertz CT molecular complexity index is 511. The van der Waals surface area contributed by atoms with Crippen LogP contribution in [0.5, 0.6) is 0 Å². The number of hydrogen-bond donors (Lipinski definition) is 1. The number of β-amino-alcohol motifs (C(OH)–C–C–N with tert-alkyl or cyclic N) is 1. The first-order chi connectivity index (χ1) is 9.02. The zero-order valence-electron chi connectivity index (χ0n) is 10.4. The Kier molecular flexibility index (Phi) is 3.66. The Balaban J connectivity index is 2.36. The van der Waals surface area contributed by atoms with Crippen molar-refractivity contribution in [2.45, 2.75) is 13.0 Å². The van der Waals surface area contributed by atoms with E-state index in [-0.39, 0.29) is 17.9 Å². The van der Waals surface area contributed by atoms with Crippen molar-refractivity contribution in [2.75, 3.05) is 24.6 Å². The summed E-state index contributed by atoms with van der Waals surface area (Å²) < 4.78 is 4.90. The molecule has 1 aliphatic rings. The van der Waals surface area contributed by atoms with Crippen molar-refractivity contribution < 1.29 is 19.6 Å². The number of nitro benzene ring substituents is 1. The van der Waals surface area contributed by atoms with Crippen LogP contribution < -0.4 is 4.90 Å². The molecule has 1 fully saturated rings. The Morgan fingerprint density at radius 1 is 1.58 bits per heavy atom. The first-order valence-corrected chi connectivity index (χ1v) is 5.91. The number of benzene rings is 1. The second-order valence-corrected chi connectivity index (χ2v) is 4.24. The summed E-state index contributed by atoms with van der Waals surface area (Å²) in [6, 6.07) is 4.05. The summed E-state index contributed by atoms with van der Waals surface area (Å²) in [5.74, 6) is -0.595. The van der Waals surface area contributed by atoms with Gasteiger partial charge in [0.05, 0.1) is 28.9 Å². The van der Waals surface area contributed by atoms with E-state index in [0.29, 0.717) is 18.8 Å². The fourth-order valence-corrected chi connectivity index (χ4v) is 1.94. The molecular formula is C12H14N2O5. The summed E-state index contributed by atoms with van der Waals surface area (Å²) >= 11 is 0. The maximum atomic E-state index is 11.8. The molecule has 0 bridgehead atoms. The van der Waals surface area contributed by atoms with Gasteiger partial charge in [-0.3, -0.25) is 10.1 Å². The van der Waals surface area contributed by atoms with Gasteiger partial charge in [0, 0.05) is 25.2 Å². The zero-order valence-corrected chi connectivity index (χ0v) is 10.4. The number of ether oxygens (including phenoxy) is 1. The summed E-state index contributed by atoms with van der Waals surface area (Å²) in [5.41, 5.74) is 0.546. The predicted molar refractivity (Wildman–Crippen MR) is 67.3 cm³/mol. The van der Waals surface area contributed by atoms with Gasteiger partial charge in [-0.1, -0.05) is 0 Å². The van der Waals surface area contributed by atoms with Gasteiger partial charge in [-0.15, -0.1) is 0 Å². The van der Waals surface area contributed by atoms with E-state index in [1.54, 1.807) is 11.8 Å². The fourth-order valence-electron chi connectivity index (χ4n) is 1.94. The number of non-ortho nitro benzene ring substituents is 1. The van der Waals surface area contributed by atoms with Gasteiger partial charge in [-0.05, 0) is 13.0 Å².